The lowest BCUT2D eigenvalue weighted by Gasteiger charge is -2.17. The van der Waals surface area contributed by atoms with Crippen LogP contribution in [0.25, 0.3) is 0 Å². The van der Waals surface area contributed by atoms with E-state index in [4.69, 9.17) is 5.11 Å². The number of carboxylic acid groups (broad SMARTS) is 1. The molecule has 2 aromatic rings. The van der Waals surface area contributed by atoms with Crippen LogP contribution in [0.4, 0.5) is 5.13 Å². The minimum atomic E-state index is -0.931. The van der Waals surface area contributed by atoms with Crippen molar-refractivity contribution in [2.45, 2.75) is 13.3 Å². The molecule has 6 heteroatoms. The molecular weight excluding hydrogens is 276 g/mol. The smallest absolute Gasteiger partial charge is 0.309 e. The van der Waals surface area contributed by atoms with Crippen molar-refractivity contribution < 1.29 is 14.7 Å². The number of carbonyl (C=O) groups is 2. The third-order valence-electron chi connectivity index (χ3n) is 2.68. The van der Waals surface area contributed by atoms with Crippen molar-refractivity contribution in [3.05, 3.63) is 47.0 Å². The molecule has 2 rings (SSSR count). The first-order valence-electron chi connectivity index (χ1n) is 6.15. The largest absolute Gasteiger partial charge is 0.481 e. The van der Waals surface area contributed by atoms with E-state index >= 15 is 0 Å². The van der Waals surface area contributed by atoms with E-state index in [1.165, 1.54) is 11.3 Å². The second-order valence-corrected chi connectivity index (χ2v) is 4.94. The van der Waals surface area contributed by atoms with Gasteiger partial charge in [-0.2, -0.15) is 0 Å². The predicted molar refractivity (Wildman–Crippen MR) is 77.2 cm³/mol. The quantitative estimate of drug-likeness (QED) is 0.918. The van der Waals surface area contributed by atoms with Crippen LogP contribution in [0.1, 0.15) is 23.0 Å². The van der Waals surface area contributed by atoms with Gasteiger partial charge in [0.15, 0.2) is 5.13 Å². The molecule has 0 bridgehead atoms. The van der Waals surface area contributed by atoms with E-state index < -0.39 is 5.97 Å². The third kappa shape index (κ3) is 3.21. The molecule has 0 atom stereocenters. The van der Waals surface area contributed by atoms with E-state index in [1.54, 1.807) is 34.5 Å². The van der Waals surface area contributed by atoms with Crippen molar-refractivity contribution in [2.24, 2.45) is 0 Å². The zero-order valence-electron chi connectivity index (χ0n) is 10.9. The number of aromatic nitrogens is 1. The van der Waals surface area contributed by atoms with Crippen LogP contribution in [0.3, 0.4) is 0 Å². The Morgan fingerprint density at radius 2 is 2.00 bits per heavy atom. The highest BCUT2D eigenvalue weighted by Gasteiger charge is 2.19. The molecule has 0 radical (unpaired) electrons. The van der Waals surface area contributed by atoms with E-state index in [1.807, 2.05) is 13.0 Å². The predicted octanol–water partition coefficient (Wildman–Crippen LogP) is 2.44. The van der Waals surface area contributed by atoms with Gasteiger partial charge in [-0.1, -0.05) is 18.2 Å². The zero-order chi connectivity index (χ0) is 14.5. The Kier molecular flexibility index (Phi) is 4.47. The summed E-state index contributed by atoms with van der Waals surface area (Å²) >= 11 is 1.28. The van der Waals surface area contributed by atoms with Crippen LogP contribution in [-0.4, -0.2) is 28.5 Å². The van der Waals surface area contributed by atoms with Gasteiger partial charge in [0.1, 0.15) is 0 Å². The summed E-state index contributed by atoms with van der Waals surface area (Å²) in [5, 5.41) is 10.9. The summed E-state index contributed by atoms with van der Waals surface area (Å²) in [6, 6.07) is 8.95. The average molecular weight is 290 g/mol. The van der Waals surface area contributed by atoms with Gasteiger partial charge < -0.3 is 5.11 Å². The Bertz CT molecular complexity index is 610. The minimum absolute atomic E-state index is 0.131. The van der Waals surface area contributed by atoms with Crippen molar-refractivity contribution in [3.63, 3.8) is 0 Å². The molecule has 0 aliphatic heterocycles. The normalized spacial score (nSPS) is 10.2. The van der Waals surface area contributed by atoms with Gasteiger partial charge in [0.25, 0.3) is 5.91 Å². The monoisotopic (exact) mass is 290 g/mol. The van der Waals surface area contributed by atoms with Crippen molar-refractivity contribution in [1.29, 1.82) is 0 Å². The Morgan fingerprint density at radius 1 is 1.30 bits per heavy atom. The van der Waals surface area contributed by atoms with Gasteiger partial charge in [-0.3, -0.25) is 14.5 Å². The standard InChI is InChI=1S/C14H14N2O3S/c1-2-16(13(19)10-6-4-3-5-7-10)14-15-11(9-20-14)8-12(17)18/h3-7,9H,2,8H2,1H3,(H,17,18). The van der Waals surface area contributed by atoms with Gasteiger partial charge >= 0.3 is 5.97 Å². The van der Waals surface area contributed by atoms with Crippen LogP contribution in [0, 0.1) is 0 Å². The van der Waals surface area contributed by atoms with Gasteiger partial charge in [-0.05, 0) is 19.1 Å². The number of carbonyl (C=O) groups excluding carboxylic acids is 1. The first kappa shape index (κ1) is 14.2. The zero-order valence-corrected chi connectivity index (χ0v) is 11.8. The summed E-state index contributed by atoms with van der Waals surface area (Å²) < 4.78 is 0. The van der Waals surface area contributed by atoms with Crippen molar-refractivity contribution >= 4 is 28.3 Å². The first-order chi connectivity index (χ1) is 9.61. The lowest BCUT2D eigenvalue weighted by Crippen LogP contribution is -2.30. The highest BCUT2D eigenvalue weighted by Crippen LogP contribution is 2.22. The number of nitrogens with zero attached hydrogens (tertiary/aromatic N) is 2. The van der Waals surface area contributed by atoms with Crippen molar-refractivity contribution in [1.82, 2.24) is 4.98 Å². The molecule has 104 valence electrons. The van der Waals surface area contributed by atoms with Crippen LogP contribution in [0.15, 0.2) is 35.7 Å². The van der Waals surface area contributed by atoms with Crippen LogP contribution < -0.4 is 4.90 Å². The molecule has 5 nitrogen and oxygen atoms in total. The highest BCUT2D eigenvalue weighted by molar-refractivity contribution is 7.14. The number of anilines is 1. The van der Waals surface area contributed by atoms with Crippen LogP contribution >= 0.6 is 11.3 Å². The fourth-order valence-corrected chi connectivity index (χ4v) is 2.65. The van der Waals surface area contributed by atoms with E-state index in [2.05, 4.69) is 4.98 Å². The Balaban J connectivity index is 2.22. The molecule has 0 saturated carbocycles. The van der Waals surface area contributed by atoms with E-state index in [-0.39, 0.29) is 12.3 Å². The average Bonchev–Trinajstić information content (AvgIpc) is 2.88. The molecule has 0 aliphatic rings. The molecule has 0 aliphatic carbocycles. The Hall–Kier alpha value is -2.21. The number of benzene rings is 1. The van der Waals surface area contributed by atoms with Crippen LogP contribution in [-0.2, 0) is 11.2 Å². The maximum atomic E-state index is 12.4. The minimum Gasteiger partial charge on any atom is -0.481 e. The third-order valence-corrected chi connectivity index (χ3v) is 3.60. The molecule has 1 aromatic heterocycles. The summed E-state index contributed by atoms with van der Waals surface area (Å²) in [5.41, 5.74) is 1.06. The lowest BCUT2D eigenvalue weighted by atomic mass is 10.2. The number of carboxylic acids is 1. The molecule has 0 saturated heterocycles. The molecule has 1 N–H and O–H groups in total. The Morgan fingerprint density at radius 3 is 2.60 bits per heavy atom. The van der Waals surface area contributed by atoms with Gasteiger partial charge in [0, 0.05) is 17.5 Å². The first-order valence-corrected chi connectivity index (χ1v) is 7.03. The summed E-state index contributed by atoms with van der Waals surface area (Å²) in [7, 11) is 0. The molecule has 20 heavy (non-hydrogen) atoms. The number of rotatable bonds is 5. The fraction of sp³-hybridized carbons (Fsp3) is 0.214. The molecular formula is C14H14N2O3S. The summed E-state index contributed by atoms with van der Waals surface area (Å²) in [6.45, 7) is 2.34. The van der Waals surface area contributed by atoms with Crippen molar-refractivity contribution in [2.75, 3.05) is 11.4 Å². The number of hydrogen-bond acceptors (Lipinski definition) is 4. The lowest BCUT2D eigenvalue weighted by molar-refractivity contribution is -0.136. The van der Waals surface area contributed by atoms with Gasteiger partial charge in [-0.15, -0.1) is 11.3 Å². The van der Waals surface area contributed by atoms with Gasteiger partial charge in [0.2, 0.25) is 0 Å². The SMILES string of the molecule is CCN(C(=O)c1ccccc1)c1nc(CC(=O)O)cs1. The summed E-state index contributed by atoms with van der Waals surface area (Å²) in [5.74, 6) is -1.07. The molecule has 0 fully saturated rings. The Labute approximate surface area is 120 Å². The second-order valence-electron chi connectivity index (χ2n) is 4.11. The van der Waals surface area contributed by atoms with E-state index in [9.17, 15) is 9.59 Å². The highest BCUT2D eigenvalue weighted by atomic mass is 32.1. The maximum absolute atomic E-state index is 12.4. The maximum Gasteiger partial charge on any atom is 0.309 e. The number of hydrogen-bond donors (Lipinski definition) is 1. The van der Waals surface area contributed by atoms with Gasteiger partial charge in [0.05, 0.1) is 12.1 Å². The number of thiazole rings is 1. The van der Waals surface area contributed by atoms with E-state index in [0.717, 1.165) is 0 Å². The van der Waals surface area contributed by atoms with Gasteiger partial charge in [-0.25, -0.2) is 4.98 Å². The van der Waals surface area contributed by atoms with E-state index in [0.29, 0.717) is 22.9 Å². The number of amides is 1. The summed E-state index contributed by atoms with van der Waals surface area (Å²) in [6.07, 6.45) is -0.131. The van der Waals surface area contributed by atoms with Crippen LogP contribution in [0.5, 0.6) is 0 Å². The van der Waals surface area contributed by atoms with Crippen LogP contribution in [0.2, 0.25) is 0 Å². The molecule has 0 spiro atoms. The summed E-state index contributed by atoms with van der Waals surface area (Å²) in [4.78, 5) is 28.8. The molecule has 1 amide bonds. The number of aliphatic carboxylic acids is 1. The fourth-order valence-electron chi connectivity index (χ4n) is 1.76. The molecule has 0 unspecified atom stereocenters. The molecule has 1 aromatic carbocycles. The molecule has 1 heterocycles. The second kappa shape index (κ2) is 6.29. The topological polar surface area (TPSA) is 70.5 Å². The van der Waals surface area contributed by atoms with Crippen molar-refractivity contribution in [3.8, 4) is 0 Å².